The number of hydrogen-bond donors (Lipinski definition) is 3. The Morgan fingerprint density at radius 2 is 2.00 bits per heavy atom. The highest BCUT2D eigenvalue weighted by molar-refractivity contribution is 7.89. The van der Waals surface area contributed by atoms with Crippen LogP contribution in [0.15, 0.2) is 27.9 Å². The van der Waals surface area contributed by atoms with Gasteiger partial charge in [0.25, 0.3) is 0 Å². The number of rotatable bonds is 5. The summed E-state index contributed by atoms with van der Waals surface area (Å²) < 4.78 is 26.7. The first kappa shape index (κ1) is 14.3. The first-order chi connectivity index (χ1) is 9.93. The largest absolute Gasteiger partial charge is 0.329 e. The lowest BCUT2D eigenvalue weighted by atomic mass is 10.2. The lowest BCUT2D eigenvalue weighted by Crippen LogP contribution is -2.43. The van der Waals surface area contributed by atoms with Crippen LogP contribution in [0.1, 0.15) is 12.8 Å². The Labute approximate surface area is 122 Å². The molecule has 8 heteroatoms. The standard InChI is InChI=1S/C13H18N4O3S/c1-17(12(7-14)8-2-3-8)21(19,20)9-4-5-10-11(6-9)16-13(18)15-10/h4-6,8,12H,2-3,7,14H2,1H3,(H2,15,16,18). The van der Waals surface area contributed by atoms with Crippen molar-refractivity contribution in [3.05, 3.63) is 28.7 Å². The molecule has 0 radical (unpaired) electrons. The van der Waals surface area contributed by atoms with Gasteiger partial charge in [-0.3, -0.25) is 0 Å². The molecule has 1 aliphatic rings. The topological polar surface area (TPSA) is 112 Å². The lowest BCUT2D eigenvalue weighted by molar-refractivity contribution is 0.340. The molecule has 1 unspecified atom stereocenters. The van der Waals surface area contributed by atoms with Gasteiger partial charge in [0.05, 0.1) is 15.9 Å². The quantitative estimate of drug-likeness (QED) is 0.733. The molecule has 1 aliphatic carbocycles. The summed E-state index contributed by atoms with van der Waals surface area (Å²) in [4.78, 5) is 16.6. The van der Waals surface area contributed by atoms with E-state index in [9.17, 15) is 13.2 Å². The van der Waals surface area contributed by atoms with Crippen LogP contribution in [0.2, 0.25) is 0 Å². The third-order valence-corrected chi connectivity index (χ3v) is 5.92. The maximum absolute atomic E-state index is 12.7. The maximum atomic E-state index is 12.7. The average Bonchev–Trinajstić information content (AvgIpc) is 3.19. The molecule has 7 nitrogen and oxygen atoms in total. The molecule has 2 aromatic rings. The number of hydrogen-bond acceptors (Lipinski definition) is 4. The van der Waals surface area contributed by atoms with Gasteiger partial charge in [-0.1, -0.05) is 0 Å². The Morgan fingerprint density at radius 1 is 1.33 bits per heavy atom. The number of H-pyrrole nitrogens is 2. The van der Waals surface area contributed by atoms with E-state index >= 15 is 0 Å². The highest BCUT2D eigenvalue weighted by Gasteiger charge is 2.38. The minimum absolute atomic E-state index is 0.159. The molecule has 4 N–H and O–H groups in total. The fraction of sp³-hybridized carbons (Fsp3) is 0.462. The second-order valence-electron chi connectivity index (χ2n) is 5.45. The van der Waals surface area contributed by atoms with Gasteiger partial charge in [-0.25, -0.2) is 13.2 Å². The number of nitrogens with one attached hydrogen (secondary N) is 2. The number of imidazole rings is 1. The molecule has 114 valence electrons. The highest BCUT2D eigenvalue weighted by Crippen LogP contribution is 2.36. The molecule has 1 heterocycles. The molecule has 1 aromatic carbocycles. The number of aromatic nitrogens is 2. The average molecular weight is 310 g/mol. The molecule has 0 bridgehead atoms. The summed E-state index contributed by atoms with van der Waals surface area (Å²) >= 11 is 0. The highest BCUT2D eigenvalue weighted by atomic mass is 32.2. The maximum Gasteiger partial charge on any atom is 0.323 e. The van der Waals surface area contributed by atoms with Gasteiger partial charge in [0.1, 0.15) is 0 Å². The summed E-state index contributed by atoms with van der Waals surface area (Å²) in [6.07, 6.45) is 2.04. The van der Waals surface area contributed by atoms with Crippen LogP contribution < -0.4 is 11.4 Å². The van der Waals surface area contributed by atoms with E-state index in [-0.39, 0.29) is 16.6 Å². The van der Waals surface area contributed by atoms with Crippen molar-refractivity contribution >= 4 is 21.1 Å². The van der Waals surface area contributed by atoms with Crippen LogP contribution in [0.3, 0.4) is 0 Å². The van der Waals surface area contributed by atoms with E-state index in [1.165, 1.54) is 16.4 Å². The predicted molar refractivity (Wildman–Crippen MR) is 79.4 cm³/mol. The number of nitrogens with zero attached hydrogens (tertiary/aromatic N) is 1. The van der Waals surface area contributed by atoms with Gasteiger partial charge in [0.2, 0.25) is 10.0 Å². The number of benzene rings is 1. The van der Waals surface area contributed by atoms with E-state index < -0.39 is 10.0 Å². The van der Waals surface area contributed by atoms with Gasteiger partial charge >= 0.3 is 5.69 Å². The normalized spacial score (nSPS) is 17.5. The van der Waals surface area contributed by atoms with Crippen LogP contribution in [0.5, 0.6) is 0 Å². The summed E-state index contributed by atoms with van der Waals surface area (Å²) in [5.41, 5.74) is 6.43. The van der Waals surface area contributed by atoms with Crippen LogP contribution in [-0.4, -0.2) is 42.3 Å². The molecule has 21 heavy (non-hydrogen) atoms. The third kappa shape index (κ3) is 2.50. The molecule has 1 atom stereocenters. The van der Waals surface area contributed by atoms with Crippen LogP contribution in [-0.2, 0) is 10.0 Å². The summed E-state index contributed by atoms with van der Waals surface area (Å²) in [5.74, 6) is 0.352. The number of sulfonamides is 1. The number of aromatic amines is 2. The Kier molecular flexibility index (Phi) is 3.39. The van der Waals surface area contributed by atoms with Crippen molar-refractivity contribution in [1.82, 2.24) is 14.3 Å². The molecule has 0 spiro atoms. The fourth-order valence-electron chi connectivity index (χ4n) is 2.64. The molecule has 1 fully saturated rings. The van der Waals surface area contributed by atoms with Gasteiger partial charge in [0.15, 0.2) is 0 Å². The smallest absolute Gasteiger partial charge is 0.323 e. The number of nitrogens with two attached hydrogens (primary N) is 1. The zero-order valence-electron chi connectivity index (χ0n) is 11.7. The molecular weight excluding hydrogens is 292 g/mol. The van der Waals surface area contributed by atoms with Crippen LogP contribution in [0, 0.1) is 5.92 Å². The minimum atomic E-state index is -3.62. The Balaban J connectivity index is 2.00. The molecular formula is C13H18N4O3S. The molecule has 3 rings (SSSR count). The minimum Gasteiger partial charge on any atom is -0.329 e. The van der Waals surface area contributed by atoms with E-state index in [0.717, 1.165) is 12.8 Å². The summed E-state index contributed by atoms with van der Waals surface area (Å²) in [6.45, 7) is 0.309. The number of likely N-dealkylation sites (N-methyl/N-ethyl adjacent to an activating group) is 1. The summed E-state index contributed by atoms with van der Waals surface area (Å²) in [6, 6.07) is 4.39. The van der Waals surface area contributed by atoms with Crippen molar-refractivity contribution < 1.29 is 8.42 Å². The fourth-order valence-corrected chi connectivity index (χ4v) is 4.09. The molecule has 0 saturated heterocycles. The van der Waals surface area contributed by atoms with Crippen molar-refractivity contribution in [2.24, 2.45) is 11.7 Å². The van der Waals surface area contributed by atoms with Crippen molar-refractivity contribution in [2.45, 2.75) is 23.8 Å². The van der Waals surface area contributed by atoms with Crippen LogP contribution in [0.4, 0.5) is 0 Å². The zero-order chi connectivity index (χ0) is 15.2. The van der Waals surface area contributed by atoms with Crippen molar-refractivity contribution in [2.75, 3.05) is 13.6 Å². The lowest BCUT2D eigenvalue weighted by Gasteiger charge is -2.26. The van der Waals surface area contributed by atoms with Crippen molar-refractivity contribution in [3.8, 4) is 0 Å². The Bertz CT molecular complexity index is 819. The van der Waals surface area contributed by atoms with Gasteiger partial charge in [-0.05, 0) is 37.0 Å². The van der Waals surface area contributed by atoms with E-state index in [0.29, 0.717) is 23.5 Å². The third-order valence-electron chi connectivity index (χ3n) is 4.04. The van der Waals surface area contributed by atoms with Crippen LogP contribution >= 0.6 is 0 Å². The van der Waals surface area contributed by atoms with Crippen molar-refractivity contribution in [1.29, 1.82) is 0 Å². The zero-order valence-corrected chi connectivity index (χ0v) is 12.5. The first-order valence-electron chi connectivity index (χ1n) is 6.83. The summed E-state index contributed by atoms with van der Waals surface area (Å²) in [5, 5.41) is 0. The van der Waals surface area contributed by atoms with Crippen LogP contribution in [0.25, 0.3) is 11.0 Å². The molecule has 0 amide bonds. The van der Waals surface area contributed by atoms with Gasteiger partial charge in [-0.15, -0.1) is 0 Å². The molecule has 0 aliphatic heterocycles. The molecule has 1 aromatic heterocycles. The predicted octanol–water partition coefficient (Wildman–Crippen LogP) is 0.214. The summed E-state index contributed by atoms with van der Waals surface area (Å²) in [7, 11) is -2.06. The monoisotopic (exact) mass is 310 g/mol. The second-order valence-corrected chi connectivity index (χ2v) is 7.45. The van der Waals surface area contributed by atoms with Gasteiger partial charge in [-0.2, -0.15) is 4.31 Å². The Morgan fingerprint density at radius 3 is 2.62 bits per heavy atom. The van der Waals surface area contributed by atoms with E-state index in [4.69, 9.17) is 5.73 Å². The van der Waals surface area contributed by atoms with Gasteiger partial charge < -0.3 is 15.7 Å². The van der Waals surface area contributed by atoms with E-state index in [2.05, 4.69) is 9.97 Å². The van der Waals surface area contributed by atoms with Crippen molar-refractivity contribution in [3.63, 3.8) is 0 Å². The first-order valence-corrected chi connectivity index (χ1v) is 8.27. The SMILES string of the molecule is CN(C(CN)C1CC1)S(=O)(=O)c1ccc2[nH]c(=O)[nH]c2c1. The van der Waals surface area contributed by atoms with E-state index in [1.54, 1.807) is 13.1 Å². The van der Waals surface area contributed by atoms with E-state index in [1.807, 2.05) is 0 Å². The Hall–Kier alpha value is -1.64. The number of fused-ring (bicyclic) bond motifs is 1. The second kappa shape index (κ2) is 4.97. The van der Waals surface area contributed by atoms with Gasteiger partial charge in [0, 0.05) is 19.6 Å². The molecule has 1 saturated carbocycles.